The number of thiophene rings is 1. The van der Waals surface area contributed by atoms with Crippen molar-refractivity contribution in [2.75, 3.05) is 13.6 Å². The van der Waals surface area contributed by atoms with E-state index in [2.05, 4.69) is 31.2 Å². The Balaban J connectivity index is 1.54. The van der Waals surface area contributed by atoms with Crippen LogP contribution in [-0.2, 0) is 11.3 Å². The molecule has 2 N–H and O–H groups in total. The predicted molar refractivity (Wildman–Crippen MR) is 96.9 cm³/mol. The van der Waals surface area contributed by atoms with Crippen molar-refractivity contribution >= 4 is 50.1 Å². The fourth-order valence-corrected chi connectivity index (χ4v) is 3.61. The third kappa shape index (κ3) is 3.82. The Morgan fingerprint density at radius 1 is 1.29 bits per heavy atom. The molecule has 0 bridgehead atoms. The van der Waals surface area contributed by atoms with Crippen LogP contribution in [0.5, 0.6) is 0 Å². The predicted octanol–water partition coefficient (Wildman–Crippen LogP) is 2.78. The summed E-state index contributed by atoms with van der Waals surface area (Å²) < 4.78 is 0.883. The van der Waals surface area contributed by atoms with Crippen molar-refractivity contribution in [3.63, 3.8) is 0 Å². The lowest BCUT2D eigenvalue weighted by Gasteiger charge is -2.15. The van der Waals surface area contributed by atoms with E-state index in [1.54, 1.807) is 13.1 Å². The summed E-state index contributed by atoms with van der Waals surface area (Å²) in [6, 6.07) is 11.2. The SMILES string of the molecule is CN(CC(=O)NCc1nc2ccccc2[nH]1)C(=O)c1ccc(Br)s1. The monoisotopic (exact) mass is 406 g/mol. The van der Waals surface area contributed by atoms with Crippen LogP contribution in [0.4, 0.5) is 0 Å². The zero-order chi connectivity index (χ0) is 17.1. The Hall–Kier alpha value is -2.19. The van der Waals surface area contributed by atoms with Gasteiger partial charge in [0.1, 0.15) is 5.82 Å². The first kappa shape index (κ1) is 16.7. The number of aromatic nitrogens is 2. The van der Waals surface area contributed by atoms with Crippen molar-refractivity contribution in [2.45, 2.75) is 6.54 Å². The molecule has 3 aromatic rings. The van der Waals surface area contributed by atoms with Gasteiger partial charge < -0.3 is 15.2 Å². The van der Waals surface area contributed by atoms with Crippen molar-refractivity contribution in [1.82, 2.24) is 20.2 Å². The van der Waals surface area contributed by atoms with E-state index in [-0.39, 0.29) is 18.4 Å². The van der Waals surface area contributed by atoms with Gasteiger partial charge in [-0.05, 0) is 40.2 Å². The molecule has 0 saturated carbocycles. The number of nitrogens with one attached hydrogen (secondary N) is 2. The molecular formula is C16H15BrN4O2S. The number of carbonyl (C=O) groups is 2. The van der Waals surface area contributed by atoms with Crippen molar-refractivity contribution in [1.29, 1.82) is 0 Å². The quantitative estimate of drug-likeness (QED) is 0.683. The summed E-state index contributed by atoms with van der Waals surface area (Å²) in [4.78, 5) is 33.8. The lowest BCUT2D eigenvalue weighted by molar-refractivity contribution is -0.121. The zero-order valence-electron chi connectivity index (χ0n) is 12.9. The highest BCUT2D eigenvalue weighted by molar-refractivity contribution is 9.11. The molecule has 0 radical (unpaired) electrons. The van der Waals surface area contributed by atoms with E-state index >= 15 is 0 Å². The molecule has 3 rings (SSSR count). The molecule has 124 valence electrons. The lowest BCUT2D eigenvalue weighted by Crippen LogP contribution is -2.38. The number of fused-ring (bicyclic) bond motifs is 1. The summed E-state index contributed by atoms with van der Waals surface area (Å²) in [6.07, 6.45) is 0. The highest BCUT2D eigenvalue weighted by Crippen LogP contribution is 2.22. The van der Waals surface area contributed by atoms with Crippen molar-refractivity contribution in [3.8, 4) is 0 Å². The molecule has 24 heavy (non-hydrogen) atoms. The minimum atomic E-state index is -0.234. The van der Waals surface area contributed by atoms with Crippen LogP contribution in [-0.4, -0.2) is 40.3 Å². The van der Waals surface area contributed by atoms with Gasteiger partial charge in [0.25, 0.3) is 5.91 Å². The molecule has 0 spiro atoms. The first-order valence-electron chi connectivity index (χ1n) is 7.24. The van der Waals surface area contributed by atoms with Gasteiger partial charge in [0, 0.05) is 7.05 Å². The Morgan fingerprint density at radius 3 is 2.79 bits per heavy atom. The van der Waals surface area contributed by atoms with E-state index < -0.39 is 0 Å². The van der Waals surface area contributed by atoms with Crippen molar-refractivity contribution in [3.05, 3.63) is 50.9 Å². The zero-order valence-corrected chi connectivity index (χ0v) is 15.3. The first-order chi connectivity index (χ1) is 11.5. The Bertz CT molecular complexity index is 856. The van der Waals surface area contributed by atoms with Crippen LogP contribution in [0.3, 0.4) is 0 Å². The highest BCUT2D eigenvalue weighted by Gasteiger charge is 2.16. The van der Waals surface area contributed by atoms with Gasteiger partial charge >= 0.3 is 0 Å². The smallest absolute Gasteiger partial charge is 0.264 e. The second kappa shape index (κ2) is 7.14. The maximum Gasteiger partial charge on any atom is 0.264 e. The molecule has 2 aromatic heterocycles. The molecular weight excluding hydrogens is 392 g/mol. The number of para-hydroxylation sites is 2. The maximum atomic E-state index is 12.2. The molecule has 2 heterocycles. The molecule has 0 aliphatic rings. The van der Waals surface area contributed by atoms with Gasteiger partial charge in [0.05, 0.1) is 32.8 Å². The molecule has 0 aliphatic heterocycles. The Labute approximate surface area is 151 Å². The van der Waals surface area contributed by atoms with Crippen LogP contribution in [0.25, 0.3) is 11.0 Å². The number of benzene rings is 1. The topological polar surface area (TPSA) is 78.1 Å². The Morgan fingerprint density at radius 2 is 2.08 bits per heavy atom. The third-order valence-electron chi connectivity index (χ3n) is 3.40. The van der Waals surface area contributed by atoms with Gasteiger partial charge in [-0.2, -0.15) is 0 Å². The average molecular weight is 407 g/mol. The number of halogens is 1. The Kier molecular flexibility index (Phi) is 4.96. The fraction of sp³-hybridized carbons (Fsp3) is 0.188. The molecule has 0 atom stereocenters. The largest absolute Gasteiger partial charge is 0.347 e. The molecule has 6 nitrogen and oxygen atoms in total. The molecule has 1 aromatic carbocycles. The number of nitrogens with zero attached hydrogens (tertiary/aromatic N) is 2. The normalized spacial score (nSPS) is 10.8. The van der Waals surface area contributed by atoms with Crippen LogP contribution in [0, 0.1) is 0 Å². The molecule has 0 saturated heterocycles. The minimum absolute atomic E-state index is 0.00538. The number of H-pyrrole nitrogens is 1. The summed E-state index contributed by atoms with van der Waals surface area (Å²) in [5, 5.41) is 2.77. The van der Waals surface area contributed by atoms with Crippen LogP contribution < -0.4 is 5.32 Å². The number of rotatable bonds is 5. The summed E-state index contributed by atoms with van der Waals surface area (Å²) in [5.74, 6) is 0.271. The van der Waals surface area contributed by atoms with Crippen molar-refractivity contribution in [2.24, 2.45) is 0 Å². The second-order valence-corrected chi connectivity index (χ2v) is 7.71. The van der Waals surface area contributed by atoms with Crippen LogP contribution in [0.15, 0.2) is 40.2 Å². The third-order valence-corrected chi connectivity index (χ3v) is 5.01. The van der Waals surface area contributed by atoms with Gasteiger partial charge in [-0.25, -0.2) is 4.98 Å². The molecule has 0 unspecified atom stereocenters. The van der Waals surface area contributed by atoms with Crippen molar-refractivity contribution < 1.29 is 9.59 Å². The number of likely N-dealkylation sites (N-methyl/N-ethyl adjacent to an activating group) is 1. The fourth-order valence-electron chi connectivity index (χ4n) is 2.23. The number of amides is 2. The number of imidazole rings is 1. The summed E-state index contributed by atoms with van der Waals surface area (Å²) >= 11 is 4.67. The number of carbonyl (C=O) groups excluding carboxylic acids is 2. The molecule has 8 heteroatoms. The molecule has 0 fully saturated rings. The lowest BCUT2D eigenvalue weighted by atomic mass is 10.3. The second-order valence-electron chi connectivity index (χ2n) is 5.24. The number of aromatic amines is 1. The minimum Gasteiger partial charge on any atom is -0.347 e. The van der Waals surface area contributed by atoms with E-state index in [1.165, 1.54) is 16.2 Å². The number of hydrogen-bond donors (Lipinski definition) is 2. The van der Waals surface area contributed by atoms with E-state index in [0.29, 0.717) is 17.2 Å². The molecule has 2 amide bonds. The number of hydrogen-bond acceptors (Lipinski definition) is 4. The standard InChI is InChI=1S/C16H15BrN4O2S/c1-21(16(23)12-6-7-13(17)24-12)9-15(22)18-8-14-19-10-4-2-3-5-11(10)20-14/h2-7H,8-9H2,1H3,(H,18,22)(H,19,20). The van der Waals surface area contributed by atoms with Crippen LogP contribution in [0.2, 0.25) is 0 Å². The van der Waals surface area contributed by atoms with Gasteiger partial charge in [-0.3, -0.25) is 9.59 Å². The summed E-state index contributed by atoms with van der Waals surface area (Å²) in [5.41, 5.74) is 1.79. The van der Waals surface area contributed by atoms with E-state index in [1.807, 2.05) is 30.3 Å². The van der Waals surface area contributed by atoms with Crippen LogP contribution in [0.1, 0.15) is 15.5 Å². The van der Waals surface area contributed by atoms with Gasteiger partial charge in [-0.15, -0.1) is 11.3 Å². The van der Waals surface area contributed by atoms with E-state index in [4.69, 9.17) is 0 Å². The highest BCUT2D eigenvalue weighted by atomic mass is 79.9. The average Bonchev–Trinajstić information content (AvgIpc) is 3.17. The molecule has 0 aliphatic carbocycles. The maximum absolute atomic E-state index is 12.2. The van der Waals surface area contributed by atoms with Gasteiger partial charge in [0.2, 0.25) is 5.91 Å². The van der Waals surface area contributed by atoms with Gasteiger partial charge in [0.15, 0.2) is 0 Å². The summed E-state index contributed by atoms with van der Waals surface area (Å²) in [6.45, 7) is 0.286. The van der Waals surface area contributed by atoms with Gasteiger partial charge in [-0.1, -0.05) is 12.1 Å². The van der Waals surface area contributed by atoms with E-state index in [9.17, 15) is 9.59 Å². The summed E-state index contributed by atoms with van der Waals surface area (Å²) in [7, 11) is 1.61. The first-order valence-corrected chi connectivity index (χ1v) is 8.85. The van der Waals surface area contributed by atoms with Crippen LogP contribution >= 0.6 is 27.3 Å². The van der Waals surface area contributed by atoms with E-state index in [0.717, 1.165) is 14.8 Å².